The van der Waals surface area contributed by atoms with E-state index in [1.807, 2.05) is 0 Å². The molecule has 140 valence electrons. The third-order valence-electron chi connectivity index (χ3n) is 7.46. The minimum absolute atomic E-state index is 1.07. The van der Waals surface area contributed by atoms with Crippen molar-refractivity contribution in [1.29, 1.82) is 0 Å². The zero-order chi connectivity index (χ0) is 19.9. The van der Waals surface area contributed by atoms with Gasteiger partial charge in [-0.3, -0.25) is 0 Å². The molecule has 27 heavy (non-hydrogen) atoms. The number of benzene rings is 3. The van der Waals surface area contributed by atoms with Crippen molar-refractivity contribution in [2.75, 3.05) is 0 Å². The Balaban J connectivity index is 2.44. The summed E-state index contributed by atoms with van der Waals surface area (Å²) in [6.45, 7) is 22.4. The molecule has 0 atom stereocenters. The quantitative estimate of drug-likeness (QED) is 0.312. The molecule has 0 radical (unpaired) electrons. The van der Waals surface area contributed by atoms with Gasteiger partial charge in [0.25, 0.3) is 0 Å². The molecule has 4 rings (SSSR count). The molecular formula is C26H30O. The molecule has 0 amide bonds. The second kappa shape index (κ2) is 5.61. The van der Waals surface area contributed by atoms with E-state index >= 15 is 0 Å². The van der Waals surface area contributed by atoms with Gasteiger partial charge in [0, 0.05) is 16.3 Å². The topological polar surface area (TPSA) is 13.1 Å². The maximum absolute atomic E-state index is 6.58. The standard InChI is InChI=1S/C26H30O/c1-11-12(2)16(6)22-20(10)26-24(19(9)21(22)15(11)5)23-17(7)13(3)14(4)18(8)25(23)27-26/h1-10H3. The Morgan fingerprint density at radius 3 is 1.15 bits per heavy atom. The molecule has 4 aromatic rings. The number of hydrogen-bond donors (Lipinski definition) is 0. The Kier molecular flexibility index (Phi) is 3.76. The van der Waals surface area contributed by atoms with Gasteiger partial charge in [0.2, 0.25) is 0 Å². The highest BCUT2D eigenvalue weighted by Gasteiger charge is 2.23. The normalized spacial score (nSPS) is 12.1. The third kappa shape index (κ3) is 2.06. The summed E-state index contributed by atoms with van der Waals surface area (Å²) >= 11 is 0. The van der Waals surface area contributed by atoms with Crippen LogP contribution in [-0.2, 0) is 0 Å². The van der Waals surface area contributed by atoms with Crippen LogP contribution < -0.4 is 0 Å². The minimum Gasteiger partial charge on any atom is -0.455 e. The van der Waals surface area contributed by atoms with Crippen molar-refractivity contribution < 1.29 is 4.42 Å². The van der Waals surface area contributed by atoms with Crippen molar-refractivity contribution in [3.63, 3.8) is 0 Å². The summed E-state index contributed by atoms with van der Waals surface area (Å²) in [6.07, 6.45) is 0. The fourth-order valence-electron chi connectivity index (χ4n) is 5.08. The maximum Gasteiger partial charge on any atom is 0.139 e. The maximum atomic E-state index is 6.58. The zero-order valence-electron chi connectivity index (χ0n) is 18.4. The molecule has 1 nitrogen and oxygen atoms in total. The van der Waals surface area contributed by atoms with E-state index < -0.39 is 0 Å². The summed E-state index contributed by atoms with van der Waals surface area (Å²) < 4.78 is 6.58. The number of fused-ring (bicyclic) bond motifs is 4. The molecule has 0 fully saturated rings. The molecule has 0 aliphatic carbocycles. The van der Waals surface area contributed by atoms with Gasteiger partial charge in [-0.1, -0.05) is 0 Å². The van der Waals surface area contributed by atoms with Crippen molar-refractivity contribution in [2.24, 2.45) is 0 Å². The molecule has 0 aliphatic rings. The van der Waals surface area contributed by atoms with E-state index in [1.165, 1.54) is 77.2 Å². The summed E-state index contributed by atoms with van der Waals surface area (Å²) in [5.74, 6) is 0. The minimum atomic E-state index is 1.07. The average Bonchev–Trinajstić information content (AvgIpc) is 3.05. The molecule has 0 unspecified atom stereocenters. The highest BCUT2D eigenvalue weighted by molar-refractivity contribution is 6.17. The number of rotatable bonds is 0. The molecular weight excluding hydrogens is 328 g/mol. The van der Waals surface area contributed by atoms with E-state index in [-0.39, 0.29) is 0 Å². The number of furan rings is 1. The van der Waals surface area contributed by atoms with E-state index in [4.69, 9.17) is 4.42 Å². The number of hydrogen-bond acceptors (Lipinski definition) is 1. The molecule has 0 spiro atoms. The molecule has 1 heterocycles. The lowest BCUT2D eigenvalue weighted by molar-refractivity contribution is 0.662. The van der Waals surface area contributed by atoms with Gasteiger partial charge in [-0.25, -0.2) is 0 Å². The first-order valence-electron chi connectivity index (χ1n) is 9.91. The van der Waals surface area contributed by atoms with Crippen LogP contribution in [0.5, 0.6) is 0 Å². The smallest absolute Gasteiger partial charge is 0.139 e. The molecule has 0 bridgehead atoms. The molecule has 0 N–H and O–H groups in total. The van der Waals surface area contributed by atoms with Crippen LogP contribution in [-0.4, -0.2) is 0 Å². The van der Waals surface area contributed by atoms with Crippen molar-refractivity contribution in [3.05, 3.63) is 55.6 Å². The Morgan fingerprint density at radius 2 is 0.630 bits per heavy atom. The molecule has 1 heteroatoms. The van der Waals surface area contributed by atoms with Crippen LogP contribution in [0.3, 0.4) is 0 Å². The van der Waals surface area contributed by atoms with Gasteiger partial charge in [0.15, 0.2) is 0 Å². The fourth-order valence-corrected chi connectivity index (χ4v) is 5.08. The van der Waals surface area contributed by atoms with E-state index in [2.05, 4.69) is 69.2 Å². The summed E-state index contributed by atoms with van der Waals surface area (Å²) in [4.78, 5) is 0. The average molecular weight is 359 g/mol. The van der Waals surface area contributed by atoms with Crippen molar-refractivity contribution in [3.8, 4) is 0 Å². The van der Waals surface area contributed by atoms with Crippen molar-refractivity contribution in [1.82, 2.24) is 0 Å². The third-order valence-corrected chi connectivity index (χ3v) is 7.46. The fraction of sp³-hybridized carbons (Fsp3) is 0.385. The van der Waals surface area contributed by atoms with Gasteiger partial charge in [-0.2, -0.15) is 0 Å². The highest BCUT2D eigenvalue weighted by atomic mass is 16.3. The monoisotopic (exact) mass is 358 g/mol. The van der Waals surface area contributed by atoms with Crippen LogP contribution in [0.15, 0.2) is 4.42 Å². The molecule has 0 saturated heterocycles. The zero-order valence-corrected chi connectivity index (χ0v) is 18.4. The summed E-state index contributed by atoms with van der Waals surface area (Å²) in [7, 11) is 0. The van der Waals surface area contributed by atoms with Crippen LogP contribution in [0.25, 0.3) is 32.7 Å². The van der Waals surface area contributed by atoms with Crippen molar-refractivity contribution in [2.45, 2.75) is 69.2 Å². The number of aryl methyl sites for hydroxylation is 6. The second-order valence-electron chi connectivity index (χ2n) is 8.51. The van der Waals surface area contributed by atoms with Gasteiger partial charge in [-0.05, 0) is 130 Å². The first-order chi connectivity index (χ1) is 12.6. The van der Waals surface area contributed by atoms with Crippen LogP contribution in [0.1, 0.15) is 55.6 Å². The van der Waals surface area contributed by atoms with Crippen LogP contribution in [0.2, 0.25) is 0 Å². The first kappa shape index (κ1) is 18.1. The lowest BCUT2D eigenvalue weighted by Crippen LogP contribution is -1.98. The van der Waals surface area contributed by atoms with Crippen LogP contribution in [0.4, 0.5) is 0 Å². The van der Waals surface area contributed by atoms with Gasteiger partial charge in [0.05, 0.1) is 0 Å². The lowest BCUT2D eigenvalue weighted by Gasteiger charge is -2.19. The molecule has 0 aliphatic heterocycles. The van der Waals surface area contributed by atoms with Crippen LogP contribution in [0, 0.1) is 69.2 Å². The Hall–Kier alpha value is -2.28. The SMILES string of the molecule is Cc1c(C)c(C)c2c(oc3c(C)c4c(C)c(C)c(C)c(C)c4c(C)c32)c1C. The molecule has 3 aromatic carbocycles. The van der Waals surface area contributed by atoms with Crippen LogP contribution >= 0.6 is 0 Å². The first-order valence-corrected chi connectivity index (χ1v) is 9.91. The summed E-state index contributed by atoms with van der Waals surface area (Å²) in [6, 6.07) is 0. The van der Waals surface area contributed by atoms with E-state index in [0.29, 0.717) is 0 Å². The van der Waals surface area contributed by atoms with E-state index in [0.717, 1.165) is 11.2 Å². The van der Waals surface area contributed by atoms with Gasteiger partial charge in [-0.15, -0.1) is 0 Å². The second-order valence-corrected chi connectivity index (χ2v) is 8.51. The molecule has 1 aromatic heterocycles. The highest BCUT2D eigenvalue weighted by Crippen LogP contribution is 2.45. The summed E-state index contributed by atoms with van der Waals surface area (Å²) in [5, 5.41) is 5.41. The lowest BCUT2D eigenvalue weighted by atomic mass is 9.85. The predicted molar refractivity (Wildman–Crippen MR) is 119 cm³/mol. The van der Waals surface area contributed by atoms with Gasteiger partial charge < -0.3 is 4.42 Å². The van der Waals surface area contributed by atoms with Gasteiger partial charge in [0.1, 0.15) is 11.2 Å². The molecule has 0 saturated carbocycles. The Labute approximate surface area is 162 Å². The van der Waals surface area contributed by atoms with Gasteiger partial charge >= 0.3 is 0 Å². The Bertz CT molecular complexity index is 1300. The predicted octanol–water partition coefficient (Wildman–Crippen LogP) is 7.82. The largest absolute Gasteiger partial charge is 0.455 e. The Morgan fingerprint density at radius 1 is 0.296 bits per heavy atom. The van der Waals surface area contributed by atoms with E-state index in [9.17, 15) is 0 Å². The van der Waals surface area contributed by atoms with E-state index in [1.54, 1.807) is 0 Å². The summed E-state index contributed by atoms with van der Waals surface area (Å²) in [5.41, 5.74) is 15.7. The van der Waals surface area contributed by atoms with Crippen molar-refractivity contribution >= 4 is 32.7 Å².